The Hall–Kier alpha value is -2.38. The Kier molecular flexibility index (Phi) is 5.35. The van der Waals surface area contributed by atoms with Crippen LogP contribution in [-0.2, 0) is 9.53 Å². The van der Waals surface area contributed by atoms with Crippen LogP contribution in [0.4, 0.5) is 0 Å². The van der Waals surface area contributed by atoms with Crippen LogP contribution in [0, 0.1) is 5.92 Å². The Morgan fingerprint density at radius 2 is 2.20 bits per heavy atom. The topological polar surface area (TPSA) is 102 Å². The van der Waals surface area contributed by atoms with Gasteiger partial charge in [0.25, 0.3) is 5.91 Å². The molecular formula is C17H17ClN2O5. The summed E-state index contributed by atoms with van der Waals surface area (Å²) in [4.78, 5) is 23.9. The second-order valence-electron chi connectivity index (χ2n) is 5.85. The molecule has 0 radical (unpaired) electrons. The van der Waals surface area contributed by atoms with E-state index in [9.17, 15) is 14.7 Å². The number of hydrogen-bond acceptors (Lipinski definition) is 5. The van der Waals surface area contributed by atoms with Crippen LogP contribution >= 0.6 is 11.6 Å². The molecule has 1 amide bonds. The fourth-order valence-corrected chi connectivity index (χ4v) is 2.98. The number of carboxylic acid groups (broad SMARTS) is 1. The van der Waals surface area contributed by atoms with Crippen molar-refractivity contribution in [3.63, 3.8) is 0 Å². The van der Waals surface area contributed by atoms with Gasteiger partial charge in [0.2, 0.25) is 0 Å². The first kappa shape index (κ1) is 17.4. The first-order valence-electron chi connectivity index (χ1n) is 7.88. The molecule has 2 aromatic rings. The number of nitrogens with zero attached hydrogens (tertiary/aromatic N) is 1. The highest BCUT2D eigenvalue weighted by molar-refractivity contribution is 6.30. The summed E-state index contributed by atoms with van der Waals surface area (Å²) in [6.45, 7) is 0.924. The van der Waals surface area contributed by atoms with E-state index in [4.69, 9.17) is 20.9 Å². The van der Waals surface area contributed by atoms with Crippen molar-refractivity contribution in [1.29, 1.82) is 0 Å². The van der Waals surface area contributed by atoms with Crippen LogP contribution in [0.5, 0.6) is 0 Å². The van der Waals surface area contributed by atoms with Crippen LogP contribution in [-0.4, -0.2) is 41.4 Å². The van der Waals surface area contributed by atoms with Crippen LogP contribution < -0.4 is 5.32 Å². The van der Waals surface area contributed by atoms with Crippen LogP contribution in [0.3, 0.4) is 0 Å². The van der Waals surface area contributed by atoms with Crippen molar-refractivity contribution in [1.82, 2.24) is 10.5 Å². The van der Waals surface area contributed by atoms with Crippen LogP contribution in [0.15, 0.2) is 34.9 Å². The second kappa shape index (κ2) is 7.67. The average molecular weight is 365 g/mol. The maximum Gasteiger partial charge on any atom is 0.326 e. The smallest absolute Gasteiger partial charge is 0.326 e. The highest BCUT2D eigenvalue weighted by Crippen LogP contribution is 2.24. The lowest BCUT2D eigenvalue weighted by Gasteiger charge is -2.27. The number of ether oxygens (including phenoxy) is 1. The number of halogens is 1. The highest BCUT2D eigenvalue weighted by atomic mass is 35.5. The van der Waals surface area contributed by atoms with E-state index in [0.29, 0.717) is 36.0 Å². The zero-order chi connectivity index (χ0) is 17.8. The van der Waals surface area contributed by atoms with E-state index in [1.807, 2.05) is 0 Å². The van der Waals surface area contributed by atoms with E-state index in [0.717, 1.165) is 6.42 Å². The van der Waals surface area contributed by atoms with E-state index in [2.05, 4.69) is 10.5 Å². The minimum atomic E-state index is -1.09. The van der Waals surface area contributed by atoms with Gasteiger partial charge in [-0.15, -0.1) is 0 Å². The summed E-state index contributed by atoms with van der Waals surface area (Å²) in [5.74, 6) is -1.59. The van der Waals surface area contributed by atoms with Crippen molar-refractivity contribution in [2.45, 2.75) is 18.9 Å². The molecule has 1 aliphatic rings. The number of carboxylic acids is 1. The molecule has 2 atom stereocenters. The van der Waals surface area contributed by atoms with Gasteiger partial charge in [0.05, 0.1) is 6.61 Å². The predicted octanol–water partition coefficient (Wildman–Crippen LogP) is 2.60. The molecule has 1 aromatic heterocycles. The SMILES string of the molecule is O=C(NC(C(=O)O)C1CCCOC1)c1cc(-c2cccc(Cl)c2)on1. The Bertz CT molecular complexity index is 770. The molecule has 1 fully saturated rings. The Balaban J connectivity index is 1.73. The van der Waals surface area contributed by atoms with E-state index in [1.165, 1.54) is 6.07 Å². The molecule has 132 valence electrons. The number of nitrogens with one attached hydrogen (secondary N) is 1. The van der Waals surface area contributed by atoms with Crippen LogP contribution in [0.2, 0.25) is 5.02 Å². The molecule has 1 saturated heterocycles. The van der Waals surface area contributed by atoms with Crippen molar-refractivity contribution in [3.8, 4) is 11.3 Å². The van der Waals surface area contributed by atoms with Gasteiger partial charge in [-0.3, -0.25) is 4.79 Å². The van der Waals surface area contributed by atoms with Crippen molar-refractivity contribution in [2.75, 3.05) is 13.2 Å². The van der Waals surface area contributed by atoms with Crippen molar-refractivity contribution >= 4 is 23.5 Å². The normalized spacial score (nSPS) is 18.5. The zero-order valence-electron chi connectivity index (χ0n) is 13.3. The highest BCUT2D eigenvalue weighted by Gasteiger charge is 2.32. The van der Waals surface area contributed by atoms with Gasteiger partial charge < -0.3 is 19.7 Å². The molecule has 0 saturated carbocycles. The van der Waals surface area contributed by atoms with Gasteiger partial charge in [-0.05, 0) is 25.0 Å². The second-order valence-corrected chi connectivity index (χ2v) is 6.29. The number of aliphatic carboxylic acids is 1. The standard InChI is InChI=1S/C17H17ClN2O5/c18-12-5-1-3-10(7-12)14-8-13(20-25-14)16(21)19-15(17(22)23)11-4-2-6-24-9-11/h1,3,5,7-8,11,15H,2,4,6,9H2,(H,19,21)(H,22,23). The molecule has 0 bridgehead atoms. The summed E-state index contributed by atoms with van der Waals surface area (Å²) in [6.07, 6.45) is 1.46. The largest absolute Gasteiger partial charge is 0.480 e. The fourth-order valence-electron chi connectivity index (χ4n) is 2.78. The van der Waals surface area contributed by atoms with Gasteiger partial charge in [-0.1, -0.05) is 28.9 Å². The summed E-state index contributed by atoms with van der Waals surface area (Å²) >= 11 is 5.94. The summed E-state index contributed by atoms with van der Waals surface area (Å²) in [6, 6.07) is 7.36. The molecule has 1 aromatic carbocycles. The van der Waals surface area contributed by atoms with E-state index in [-0.39, 0.29) is 11.6 Å². The Labute approximate surface area is 148 Å². The summed E-state index contributed by atoms with van der Waals surface area (Å²) in [5, 5.41) is 16.2. The van der Waals surface area contributed by atoms with Gasteiger partial charge in [0.15, 0.2) is 11.5 Å². The molecule has 0 aliphatic carbocycles. The Morgan fingerprint density at radius 3 is 2.88 bits per heavy atom. The van der Waals surface area contributed by atoms with Gasteiger partial charge in [-0.2, -0.15) is 0 Å². The maximum absolute atomic E-state index is 12.3. The number of aromatic nitrogens is 1. The molecule has 0 spiro atoms. The lowest BCUT2D eigenvalue weighted by Crippen LogP contribution is -2.48. The van der Waals surface area contributed by atoms with Crippen molar-refractivity contribution in [3.05, 3.63) is 41.0 Å². The number of carbonyl (C=O) groups excluding carboxylic acids is 1. The lowest BCUT2D eigenvalue weighted by atomic mass is 9.93. The molecule has 2 N–H and O–H groups in total. The van der Waals surface area contributed by atoms with Gasteiger partial charge in [0, 0.05) is 29.2 Å². The van der Waals surface area contributed by atoms with Gasteiger partial charge in [0.1, 0.15) is 6.04 Å². The quantitative estimate of drug-likeness (QED) is 0.845. The van der Waals surface area contributed by atoms with E-state index < -0.39 is 17.9 Å². The minimum absolute atomic E-state index is 0.0120. The van der Waals surface area contributed by atoms with Gasteiger partial charge >= 0.3 is 5.97 Å². The molecule has 2 heterocycles. The fraction of sp³-hybridized carbons (Fsp3) is 0.353. The van der Waals surface area contributed by atoms with Crippen LogP contribution in [0.1, 0.15) is 23.3 Å². The van der Waals surface area contributed by atoms with Crippen molar-refractivity contribution < 1.29 is 24.0 Å². The molecule has 7 nitrogen and oxygen atoms in total. The molecule has 2 unspecified atom stereocenters. The number of amides is 1. The van der Waals surface area contributed by atoms with Crippen molar-refractivity contribution in [2.24, 2.45) is 5.92 Å². The third kappa shape index (κ3) is 4.18. The zero-order valence-corrected chi connectivity index (χ0v) is 14.0. The first-order chi connectivity index (χ1) is 12.0. The predicted molar refractivity (Wildman–Crippen MR) is 89.4 cm³/mol. The minimum Gasteiger partial charge on any atom is -0.480 e. The van der Waals surface area contributed by atoms with Crippen LogP contribution in [0.25, 0.3) is 11.3 Å². The monoisotopic (exact) mass is 364 g/mol. The molecule has 25 heavy (non-hydrogen) atoms. The first-order valence-corrected chi connectivity index (χ1v) is 8.26. The molecule has 8 heteroatoms. The molecule has 1 aliphatic heterocycles. The van der Waals surface area contributed by atoms with Gasteiger partial charge in [-0.25, -0.2) is 4.79 Å². The maximum atomic E-state index is 12.3. The summed E-state index contributed by atoms with van der Waals surface area (Å²) in [5.41, 5.74) is 0.687. The third-order valence-electron chi connectivity index (χ3n) is 4.07. The lowest BCUT2D eigenvalue weighted by molar-refractivity contribution is -0.142. The summed E-state index contributed by atoms with van der Waals surface area (Å²) in [7, 11) is 0. The number of benzene rings is 1. The third-order valence-corrected chi connectivity index (χ3v) is 4.31. The Morgan fingerprint density at radius 1 is 1.36 bits per heavy atom. The number of carbonyl (C=O) groups is 2. The summed E-state index contributed by atoms with van der Waals surface area (Å²) < 4.78 is 10.5. The molecule has 3 rings (SSSR count). The molecular weight excluding hydrogens is 348 g/mol. The number of hydrogen-bond donors (Lipinski definition) is 2. The average Bonchev–Trinajstić information content (AvgIpc) is 3.10. The van der Waals surface area contributed by atoms with E-state index in [1.54, 1.807) is 24.3 Å². The van der Waals surface area contributed by atoms with E-state index >= 15 is 0 Å². The number of rotatable bonds is 5.